The zero-order valence-corrected chi connectivity index (χ0v) is 18.9. The molecule has 1 amide bonds. The van der Waals surface area contributed by atoms with E-state index in [1.165, 1.54) is 5.56 Å². The number of amides is 1. The van der Waals surface area contributed by atoms with Crippen LogP contribution >= 0.6 is 11.6 Å². The average molecular weight is 430 g/mol. The van der Waals surface area contributed by atoms with E-state index in [2.05, 4.69) is 44.3 Å². The van der Waals surface area contributed by atoms with Gasteiger partial charge in [0.2, 0.25) is 0 Å². The molecule has 1 aliphatic rings. The fraction of sp³-hybridized carbons (Fsp3) is 0.480. The average Bonchev–Trinajstić information content (AvgIpc) is 3.43. The van der Waals surface area contributed by atoms with Crippen molar-refractivity contribution in [1.29, 1.82) is 0 Å². The third-order valence-electron chi connectivity index (χ3n) is 5.58. The van der Waals surface area contributed by atoms with E-state index in [9.17, 15) is 4.79 Å². The number of halogens is 1. The molecule has 5 heteroatoms. The van der Waals surface area contributed by atoms with E-state index in [0.717, 1.165) is 18.4 Å². The summed E-state index contributed by atoms with van der Waals surface area (Å²) in [6, 6.07) is 18.1. The number of ether oxygens (including phenoxy) is 2. The van der Waals surface area contributed by atoms with Crippen LogP contribution in [-0.2, 0) is 21.5 Å². The Kier molecular flexibility index (Phi) is 7.43. The van der Waals surface area contributed by atoms with Crippen molar-refractivity contribution < 1.29 is 14.3 Å². The highest BCUT2D eigenvalue weighted by atomic mass is 35.5. The minimum Gasteiger partial charge on any atom is -0.449 e. The van der Waals surface area contributed by atoms with Crippen LogP contribution in [0.4, 0.5) is 4.79 Å². The normalized spacial score (nSPS) is 20.6. The summed E-state index contributed by atoms with van der Waals surface area (Å²) in [4.78, 5) is 12.2. The summed E-state index contributed by atoms with van der Waals surface area (Å²) in [5, 5.41) is 3.56. The fourth-order valence-corrected chi connectivity index (χ4v) is 3.93. The van der Waals surface area contributed by atoms with Crippen molar-refractivity contribution in [2.75, 3.05) is 19.8 Å². The Balaban J connectivity index is 1.55. The molecule has 0 spiro atoms. The van der Waals surface area contributed by atoms with Gasteiger partial charge in [-0.1, -0.05) is 74.8 Å². The standard InChI is InChI=1S/C25H32ClNO3/c1-24(2,3)17-27-23(28)30-18-25(20-10-7-11-22(26)14-20)15-21(25)12-13-29-16-19-8-5-4-6-9-19/h4-11,14,21H,12-13,15-18H2,1-3H3,(H,27,28)/t21-,25-/m0/s1. The van der Waals surface area contributed by atoms with Gasteiger partial charge in [0.15, 0.2) is 0 Å². The summed E-state index contributed by atoms with van der Waals surface area (Å²) in [5.74, 6) is 0.405. The third-order valence-corrected chi connectivity index (χ3v) is 5.81. The van der Waals surface area contributed by atoms with Gasteiger partial charge in [0.1, 0.15) is 6.61 Å². The van der Waals surface area contributed by atoms with Gasteiger partial charge >= 0.3 is 6.09 Å². The monoisotopic (exact) mass is 429 g/mol. The second-order valence-corrected chi connectivity index (χ2v) is 9.82. The minimum absolute atomic E-state index is 0.0157. The molecular weight excluding hydrogens is 398 g/mol. The van der Waals surface area contributed by atoms with E-state index in [1.807, 2.05) is 36.4 Å². The first-order chi connectivity index (χ1) is 14.3. The van der Waals surface area contributed by atoms with Gasteiger partial charge in [0, 0.05) is 23.6 Å². The van der Waals surface area contributed by atoms with E-state index in [4.69, 9.17) is 21.1 Å². The van der Waals surface area contributed by atoms with Crippen molar-refractivity contribution in [1.82, 2.24) is 5.32 Å². The Morgan fingerprint density at radius 2 is 1.93 bits per heavy atom. The van der Waals surface area contributed by atoms with Crippen LogP contribution in [0.3, 0.4) is 0 Å². The largest absolute Gasteiger partial charge is 0.449 e. The maximum atomic E-state index is 12.2. The second-order valence-electron chi connectivity index (χ2n) is 9.38. The highest BCUT2D eigenvalue weighted by Gasteiger charge is 2.55. The predicted molar refractivity (Wildman–Crippen MR) is 121 cm³/mol. The van der Waals surface area contributed by atoms with Gasteiger partial charge in [-0.3, -0.25) is 0 Å². The van der Waals surface area contributed by atoms with Crippen molar-refractivity contribution >= 4 is 17.7 Å². The molecule has 0 bridgehead atoms. The second kappa shape index (κ2) is 9.84. The molecule has 0 aliphatic heterocycles. The molecule has 2 aromatic rings. The highest BCUT2D eigenvalue weighted by Crippen LogP contribution is 2.56. The number of alkyl carbamates (subject to hydrolysis) is 1. The Labute approximate surface area is 184 Å². The molecule has 1 aliphatic carbocycles. The molecule has 162 valence electrons. The van der Waals surface area contributed by atoms with Crippen molar-refractivity contribution in [3.05, 3.63) is 70.7 Å². The smallest absolute Gasteiger partial charge is 0.407 e. The van der Waals surface area contributed by atoms with E-state index in [-0.39, 0.29) is 16.9 Å². The minimum atomic E-state index is -0.364. The molecule has 1 saturated carbocycles. The van der Waals surface area contributed by atoms with Crippen LogP contribution in [0.15, 0.2) is 54.6 Å². The van der Waals surface area contributed by atoms with Crippen LogP contribution in [-0.4, -0.2) is 25.9 Å². The van der Waals surface area contributed by atoms with E-state index in [1.54, 1.807) is 0 Å². The van der Waals surface area contributed by atoms with Gasteiger partial charge in [0.05, 0.1) is 6.61 Å². The maximum absolute atomic E-state index is 12.2. The first-order valence-corrected chi connectivity index (χ1v) is 10.9. The van der Waals surface area contributed by atoms with Crippen LogP contribution in [0, 0.1) is 11.3 Å². The number of hydrogen-bond acceptors (Lipinski definition) is 3. The number of hydrogen-bond donors (Lipinski definition) is 1. The SMILES string of the molecule is CC(C)(C)CNC(=O)OC[C@]1(c2cccc(Cl)c2)C[C@@H]1CCOCc1ccccc1. The molecule has 3 rings (SSSR count). The Morgan fingerprint density at radius 3 is 2.63 bits per heavy atom. The summed E-state index contributed by atoms with van der Waals surface area (Å²) >= 11 is 6.24. The molecule has 0 heterocycles. The lowest BCUT2D eigenvalue weighted by molar-refractivity contribution is 0.107. The summed E-state index contributed by atoms with van der Waals surface area (Å²) in [5.41, 5.74) is 2.14. The van der Waals surface area contributed by atoms with E-state index >= 15 is 0 Å². The van der Waals surface area contributed by atoms with Gasteiger partial charge in [-0.05, 0) is 47.4 Å². The van der Waals surface area contributed by atoms with Crippen LogP contribution in [0.25, 0.3) is 0 Å². The Morgan fingerprint density at radius 1 is 1.17 bits per heavy atom. The maximum Gasteiger partial charge on any atom is 0.407 e. The first-order valence-electron chi connectivity index (χ1n) is 10.6. The summed E-state index contributed by atoms with van der Waals surface area (Å²) in [6.45, 7) is 8.45. The molecule has 30 heavy (non-hydrogen) atoms. The Bertz CT molecular complexity index is 834. The van der Waals surface area contributed by atoms with Gasteiger partial charge in [-0.15, -0.1) is 0 Å². The zero-order valence-electron chi connectivity index (χ0n) is 18.1. The van der Waals surface area contributed by atoms with Crippen LogP contribution in [0.5, 0.6) is 0 Å². The van der Waals surface area contributed by atoms with Crippen molar-refractivity contribution in [3.8, 4) is 0 Å². The first kappa shape index (κ1) is 22.6. The molecule has 2 aromatic carbocycles. The molecule has 0 aromatic heterocycles. The molecule has 1 fully saturated rings. The van der Waals surface area contributed by atoms with Crippen LogP contribution in [0.2, 0.25) is 5.02 Å². The molecule has 0 saturated heterocycles. The van der Waals surface area contributed by atoms with Gasteiger partial charge in [0.25, 0.3) is 0 Å². The summed E-state index contributed by atoms with van der Waals surface area (Å²) in [7, 11) is 0. The van der Waals surface area contributed by atoms with Gasteiger partial charge < -0.3 is 14.8 Å². The molecule has 2 atom stereocenters. The van der Waals surface area contributed by atoms with E-state index in [0.29, 0.717) is 37.3 Å². The predicted octanol–water partition coefficient (Wildman–Crippen LogP) is 5.98. The lowest BCUT2D eigenvalue weighted by atomic mass is 9.93. The summed E-state index contributed by atoms with van der Waals surface area (Å²) < 4.78 is 11.5. The number of rotatable bonds is 9. The lowest BCUT2D eigenvalue weighted by Gasteiger charge is -2.21. The molecule has 0 radical (unpaired) electrons. The number of carbonyl (C=O) groups is 1. The van der Waals surface area contributed by atoms with E-state index < -0.39 is 0 Å². The fourth-order valence-electron chi connectivity index (χ4n) is 3.74. The summed E-state index contributed by atoms with van der Waals surface area (Å²) in [6.07, 6.45) is 1.53. The number of benzene rings is 2. The Hall–Kier alpha value is -2.04. The van der Waals surface area contributed by atoms with Crippen LogP contribution in [0.1, 0.15) is 44.7 Å². The third kappa shape index (κ3) is 6.48. The van der Waals surface area contributed by atoms with Crippen LogP contribution < -0.4 is 5.32 Å². The molecule has 1 N–H and O–H groups in total. The van der Waals surface area contributed by atoms with Crippen molar-refractivity contribution in [2.24, 2.45) is 11.3 Å². The van der Waals surface area contributed by atoms with Gasteiger partial charge in [-0.2, -0.15) is 0 Å². The highest BCUT2D eigenvalue weighted by molar-refractivity contribution is 6.30. The lowest BCUT2D eigenvalue weighted by Crippen LogP contribution is -2.34. The number of carbonyl (C=O) groups excluding carboxylic acids is 1. The molecular formula is C25H32ClNO3. The molecule has 0 unspecified atom stereocenters. The quantitative estimate of drug-likeness (QED) is 0.499. The van der Waals surface area contributed by atoms with Gasteiger partial charge in [-0.25, -0.2) is 4.79 Å². The topological polar surface area (TPSA) is 47.6 Å². The zero-order chi connectivity index (χ0) is 21.6. The van der Waals surface area contributed by atoms with Crippen molar-refractivity contribution in [3.63, 3.8) is 0 Å². The molecule has 4 nitrogen and oxygen atoms in total. The number of nitrogens with one attached hydrogen (secondary N) is 1. The van der Waals surface area contributed by atoms with Crippen molar-refractivity contribution in [2.45, 2.75) is 45.6 Å².